The number of hydrogen-bond donors (Lipinski definition) is 1. The number of rotatable bonds is 6. The second-order valence-corrected chi connectivity index (χ2v) is 6.31. The zero-order chi connectivity index (χ0) is 13.7. The van der Waals surface area contributed by atoms with Crippen molar-refractivity contribution in [1.82, 2.24) is 10.2 Å². The third kappa shape index (κ3) is 4.63. The molecule has 19 heavy (non-hydrogen) atoms. The topological polar surface area (TPSA) is 15.3 Å². The SMILES string of the molecule is Cc1cccc(CN2CCCC2CNCC(C)C)c1. The summed E-state index contributed by atoms with van der Waals surface area (Å²) in [6.45, 7) is 11.4. The highest BCUT2D eigenvalue weighted by molar-refractivity contribution is 5.22. The zero-order valence-corrected chi connectivity index (χ0v) is 12.7. The van der Waals surface area contributed by atoms with Gasteiger partial charge in [0.25, 0.3) is 0 Å². The molecule has 0 aliphatic carbocycles. The summed E-state index contributed by atoms with van der Waals surface area (Å²) in [5, 5.41) is 3.61. The van der Waals surface area contributed by atoms with Gasteiger partial charge in [0, 0.05) is 19.1 Å². The van der Waals surface area contributed by atoms with Crippen LogP contribution in [0.2, 0.25) is 0 Å². The Bertz CT molecular complexity index is 387. The van der Waals surface area contributed by atoms with E-state index in [-0.39, 0.29) is 0 Å². The first-order valence-corrected chi connectivity index (χ1v) is 7.65. The number of benzene rings is 1. The maximum absolute atomic E-state index is 3.61. The zero-order valence-electron chi connectivity index (χ0n) is 12.7. The molecule has 2 nitrogen and oxygen atoms in total. The van der Waals surface area contributed by atoms with E-state index in [0.717, 1.165) is 31.6 Å². The lowest BCUT2D eigenvalue weighted by Crippen LogP contribution is -2.38. The summed E-state index contributed by atoms with van der Waals surface area (Å²) in [4.78, 5) is 2.64. The highest BCUT2D eigenvalue weighted by atomic mass is 15.2. The van der Waals surface area contributed by atoms with Gasteiger partial charge in [-0.3, -0.25) is 4.90 Å². The Morgan fingerprint density at radius 1 is 1.37 bits per heavy atom. The normalized spacial score (nSPS) is 20.3. The van der Waals surface area contributed by atoms with Gasteiger partial charge < -0.3 is 5.32 Å². The lowest BCUT2D eigenvalue weighted by atomic mass is 10.1. The molecule has 1 aromatic carbocycles. The average molecular weight is 260 g/mol. The van der Waals surface area contributed by atoms with Gasteiger partial charge in [0.15, 0.2) is 0 Å². The molecule has 0 saturated carbocycles. The van der Waals surface area contributed by atoms with Crippen molar-refractivity contribution in [2.45, 2.75) is 46.2 Å². The van der Waals surface area contributed by atoms with E-state index in [1.165, 1.54) is 30.5 Å². The highest BCUT2D eigenvalue weighted by Crippen LogP contribution is 2.20. The summed E-state index contributed by atoms with van der Waals surface area (Å²) in [5.41, 5.74) is 2.82. The fourth-order valence-corrected chi connectivity index (χ4v) is 2.92. The van der Waals surface area contributed by atoms with Crippen LogP contribution in [0, 0.1) is 12.8 Å². The van der Waals surface area contributed by atoms with E-state index in [2.05, 4.69) is 55.3 Å². The molecular formula is C17H28N2. The van der Waals surface area contributed by atoms with Crippen LogP contribution in [0.15, 0.2) is 24.3 Å². The maximum atomic E-state index is 3.61. The number of nitrogens with one attached hydrogen (secondary N) is 1. The Morgan fingerprint density at radius 2 is 2.21 bits per heavy atom. The van der Waals surface area contributed by atoms with E-state index in [1.54, 1.807) is 0 Å². The summed E-state index contributed by atoms with van der Waals surface area (Å²) in [6.07, 6.45) is 2.69. The first-order chi connectivity index (χ1) is 9.15. The van der Waals surface area contributed by atoms with E-state index in [0.29, 0.717) is 0 Å². The van der Waals surface area contributed by atoms with Crippen LogP contribution >= 0.6 is 0 Å². The molecule has 0 aromatic heterocycles. The van der Waals surface area contributed by atoms with E-state index >= 15 is 0 Å². The number of nitrogens with zero attached hydrogens (tertiary/aromatic N) is 1. The lowest BCUT2D eigenvalue weighted by molar-refractivity contribution is 0.237. The average Bonchev–Trinajstić information content (AvgIpc) is 2.76. The predicted molar refractivity (Wildman–Crippen MR) is 82.3 cm³/mol. The molecule has 106 valence electrons. The highest BCUT2D eigenvalue weighted by Gasteiger charge is 2.23. The fraction of sp³-hybridized carbons (Fsp3) is 0.647. The van der Waals surface area contributed by atoms with Crippen molar-refractivity contribution >= 4 is 0 Å². The molecule has 1 aliphatic heterocycles. The Hall–Kier alpha value is -0.860. The molecule has 0 amide bonds. The van der Waals surface area contributed by atoms with Gasteiger partial charge in [0.1, 0.15) is 0 Å². The number of likely N-dealkylation sites (tertiary alicyclic amines) is 1. The molecule has 1 aliphatic rings. The summed E-state index contributed by atoms with van der Waals surface area (Å²) < 4.78 is 0. The molecule has 1 aromatic rings. The van der Waals surface area contributed by atoms with Gasteiger partial charge >= 0.3 is 0 Å². The fourth-order valence-electron chi connectivity index (χ4n) is 2.92. The monoisotopic (exact) mass is 260 g/mol. The van der Waals surface area contributed by atoms with Gasteiger partial charge in [-0.1, -0.05) is 43.7 Å². The van der Waals surface area contributed by atoms with Gasteiger partial charge in [0.2, 0.25) is 0 Å². The van der Waals surface area contributed by atoms with Crippen LogP contribution in [-0.4, -0.2) is 30.6 Å². The van der Waals surface area contributed by atoms with Crippen LogP contribution in [-0.2, 0) is 6.54 Å². The molecule has 1 saturated heterocycles. The molecule has 0 spiro atoms. The predicted octanol–water partition coefficient (Wildman–Crippen LogP) is 3.21. The van der Waals surface area contributed by atoms with Crippen molar-refractivity contribution in [2.75, 3.05) is 19.6 Å². The summed E-state index contributed by atoms with van der Waals surface area (Å²) in [5.74, 6) is 0.742. The Kier molecular flexibility index (Phi) is 5.41. The first kappa shape index (κ1) is 14.5. The molecule has 0 radical (unpaired) electrons. The smallest absolute Gasteiger partial charge is 0.0237 e. The molecule has 2 heteroatoms. The van der Waals surface area contributed by atoms with Crippen LogP contribution in [0.3, 0.4) is 0 Å². The molecule has 1 unspecified atom stereocenters. The van der Waals surface area contributed by atoms with Crippen LogP contribution in [0.5, 0.6) is 0 Å². The van der Waals surface area contributed by atoms with Crippen molar-refractivity contribution in [1.29, 1.82) is 0 Å². The molecule has 2 rings (SSSR count). The lowest BCUT2D eigenvalue weighted by Gasteiger charge is -2.25. The first-order valence-electron chi connectivity index (χ1n) is 7.65. The summed E-state index contributed by atoms with van der Waals surface area (Å²) in [7, 11) is 0. The molecular weight excluding hydrogens is 232 g/mol. The Morgan fingerprint density at radius 3 is 2.95 bits per heavy atom. The molecule has 1 fully saturated rings. The third-order valence-corrected chi connectivity index (χ3v) is 3.90. The van der Waals surface area contributed by atoms with Crippen molar-refractivity contribution in [3.63, 3.8) is 0 Å². The van der Waals surface area contributed by atoms with Gasteiger partial charge in [-0.05, 0) is 44.3 Å². The van der Waals surface area contributed by atoms with E-state index in [4.69, 9.17) is 0 Å². The van der Waals surface area contributed by atoms with E-state index in [1.807, 2.05) is 0 Å². The largest absolute Gasteiger partial charge is 0.315 e. The van der Waals surface area contributed by atoms with Crippen molar-refractivity contribution in [3.8, 4) is 0 Å². The van der Waals surface area contributed by atoms with Gasteiger partial charge in [0.05, 0.1) is 0 Å². The minimum Gasteiger partial charge on any atom is -0.315 e. The summed E-state index contributed by atoms with van der Waals surface area (Å²) >= 11 is 0. The second-order valence-electron chi connectivity index (χ2n) is 6.31. The van der Waals surface area contributed by atoms with Gasteiger partial charge in [-0.2, -0.15) is 0 Å². The number of hydrogen-bond acceptors (Lipinski definition) is 2. The maximum Gasteiger partial charge on any atom is 0.0237 e. The third-order valence-electron chi connectivity index (χ3n) is 3.90. The summed E-state index contributed by atoms with van der Waals surface area (Å²) in [6, 6.07) is 9.64. The number of aryl methyl sites for hydroxylation is 1. The van der Waals surface area contributed by atoms with Gasteiger partial charge in [-0.15, -0.1) is 0 Å². The van der Waals surface area contributed by atoms with Crippen molar-refractivity contribution in [2.24, 2.45) is 5.92 Å². The Labute approximate surface area is 118 Å². The molecule has 0 bridgehead atoms. The van der Waals surface area contributed by atoms with Crippen molar-refractivity contribution < 1.29 is 0 Å². The standard InChI is InChI=1S/C17H28N2/c1-14(2)11-18-12-17-8-5-9-19(17)13-16-7-4-6-15(3)10-16/h4,6-7,10,14,17-18H,5,8-9,11-13H2,1-3H3. The van der Waals surface area contributed by atoms with Crippen LogP contribution in [0.4, 0.5) is 0 Å². The van der Waals surface area contributed by atoms with Crippen LogP contribution in [0.25, 0.3) is 0 Å². The van der Waals surface area contributed by atoms with Crippen molar-refractivity contribution in [3.05, 3.63) is 35.4 Å². The molecule has 1 heterocycles. The molecule has 1 atom stereocenters. The minimum atomic E-state index is 0.722. The van der Waals surface area contributed by atoms with E-state index in [9.17, 15) is 0 Å². The second kappa shape index (κ2) is 7.06. The Balaban J connectivity index is 1.84. The van der Waals surface area contributed by atoms with E-state index < -0.39 is 0 Å². The quantitative estimate of drug-likeness (QED) is 0.845. The van der Waals surface area contributed by atoms with Crippen LogP contribution in [0.1, 0.15) is 37.8 Å². The van der Waals surface area contributed by atoms with Crippen LogP contribution < -0.4 is 5.32 Å². The van der Waals surface area contributed by atoms with Gasteiger partial charge in [-0.25, -0.2) is 0 Å². The molecule has 1 N–H and O–H groups in total. The minimum absolute atomic E-state index is 0.722.